The quantitative estimate of drug-likeness (QED) is 0.890. The summed E-state index contributed by atoms with van der Waals surface area (Å²) in [5.41, 5.74) is 1.71. The van der Waals surface area contributed by atoms with Crippen molar-refractivity contribution in [3.8, 4) is 0 Å². The lowest BCUT2D eigenvalue weighted by Gasteiger charge is -2.10. The first-order chi connectivity index (χ1) is 11.8. The van der Waals surface area contributed by atoms with Crippen molar-refractivity contribution in [2.24, 2.45) is 4.99 Å². The first kappa shape index (κ1) is 17.6. The van der Waals surface area contributed by atoms with Gasteiger partial charge in [0.2, 0.25) is 5.91 Å². The van der Waals surface area contributed by atoms with Crippen molar-refractivity contribution < 1.29 is 18.0 Å². The Bertz CT molecular complexity index is 860. The molecule has 0 atom stereocenters. The molecule has 0 aromatic carbocycles. The van der Waals surface area contributed by atoms with Crippen LogP contribution in [-0.4, -0.2) is 43.0 Å². The van der Waals surface area contributed by atoms with Crippen LogP contribution < -0.4 is 5.32 Å². The number of carbonyl (C=O) groups is 1. The maximum absolute atomic E-state index is 12.8. The number of aromatic nitrogens is 4. The van der Waals surface area contributed by atoms with Gasteiger partial charge in [-0.05, 0) is 25.8 Å². The first-order valence-corrected chi connectivity index (χ1v) is 8.51. The van der Waals surface area contributed by atoms with Gasteiger partial charge in [-0.1, -0.05) is 11.8 Å². The van der Waals surface area contributed by atoms with E-state index >= 15 is 0 Å². The third-order valence-electron chi connectivity index (χ3n) is 3.74. The highest BCUT2D eigenvalue weighted by Crippen LogP contribution is 2.27. The minimum absolute atomic E-state index is 0.104. The van der Waals surface area contributed by atoms with Gasteiger partial charge in [-0.25, -0.2) is 9.50 Å². The molecule has 0 fully saturated rings. The second kappa shape index (κ2) is 6.62. The molecular weight excluding hydrogens is 357 g/mol. The van der Waals surface area contributed by atoms with Crippen molar-refractivity contribution in [3.63, 3.8) is 0 Å². The summed E-state index contributed by atoms with van der Waals surface area (Å²) in [6.45, 7) is 4.01. The van der Waals surface area contributed by atoms with Crippen LogP contribution in [0.1, 0.15) is 29.2 Å². The Morgan fingerprint density at radius 2 is 2.08 bits per heavy atom. The Kier molecular flexibility index (Phi) is 4.67. The van der Waals surface area contributed by atoms with Crippen LogP contribution in [0, 0.1) is 13.8 Å². The van der Waals surface area contributed by atoms with E-state index in [0.29, 0.717) is 35.1 Å². The molecule has 0 spiro atoms. The molecule has 25 heavy (non-hydrogen) atoms. The number of nitrogens with zero attached hydrogens (tertiary/aromatic N) is 5. The molecule has 7 nitrogen and oxygen atoms in total. The van der Waals surface area contributed by atoms with Crippen LogP contribution >= 0.6 is 11.8 Å². The molecule has 1 aliphatic rings. The zero-order valence-corrected chi connectivity index (χ0v) is 14.3. The van der Waals surface area contributed by atoms with E-state index in [1.807, 2.05) is 0 Å². The number of aliphatic imine (C=N–C) groups is 1. The summed E-state index contributed by atoms with van der Waals surface area (Å²) in [6.07, 6.45) is -4.12. The van der Waals surface area contributed by atoms with Gasteiger partial charge >= 0.3 is 6.18 Å². The topological polar surface area (TPSA) is 84.5 Å². The molecule has 2 aromatic heterocycles. The summed E-state index contributed by atoms with van der Waals surface area (Å²) in [7, 11) is 0. The van der Waals surface area contributed by atoms with Gasteiger partial charge in [0.25, 0.3) is 11.6 Å². The SMILES string of the molecule is Cc1nc2nc(C(F)(F)F)nn2c(C)c1CCC(=O)NC1=NCCS1. The maximum atomic E-state index is 12.8. The normalized spacial score (nSPS) is 14.8. The fraction of sp³-hybridized carbons (Fsp3) is 0.500. The van der Waals surface area contributed by atoms with Gasteiger partial charge in [0, 0.05) is 23.6 Å². The van der Waals surface area contributed by atoms with E-state index in [-0.39, 0.29) is 18.1 Å². The molecule has 11 heteroatoms. The van der Waals surface area contributed by atoms with Crippen molar-refractivity contribution in [2.45, 2.75) is 32.9 Å². The Labute approximate surface area is 145 Å². The number of carbonyl (C=O) groups excluding carboxylic acids is 1. The highest BCUT2D eigenvalue weighted by atomic mass is 32.2. The van der Waals surface area contributed by atoms with Crippen LogP contribution in [0.2, 0.25) is 0 Å². The third-order valence-corrected chi connectivity index (χ3v) is 4.63. The second-order valence-corrected chi connectivity index (χ2v) is 6.57. The number of amides is 1. The van der Waals surface area contributed by atoms with Gasteiger partial charge < -0.3 is 5.32 Å². The number of hydrogen-bond acceptors (Lipinski definition) is 6. The van der Waals surface area contributed by atoms with Crippen molar-refractivity contribution in [1.82, 2.24) is 24.9 Å². The van der Waals surface area contributed by atoms with Gasteiger partial charge in [-0.15, -0.1) is 5.10 Å². The number of halogens is 3. The molecule has 0 unspecified atom stereocenters. The van der Waals surface area contributed by atoms with E-state index in [2.05, 4.69) is 25.4 Å². The number of nitrogens with one attached hydrogen (secondary N) is 1. The zero-order valence-electron chi connectivity index (χ0n) is 13.5. The van der Waals surface area contributed by atoms with Gasteiger partial charge in [-0.3, -0.25) is 9.79 Å². The fourth-order valence-electron chi connectivity index (χ4n) is 2.52. The monoisotopic (exact) mass is 372 g/mol. The molecule has 1 aliphatic heterocycles. The summed E-state index contributed by atoms with van der Waals surface area (Å²) >= 11 is 1.48. The number of rotatable bonds is 3. The molecule has 3 heterocycles. The van der Waals surface area contributed by atoms with E-state index in [0.717, 1.165) is 10.3 Å². The standard InChI is InChI=1S/C14H15F3N6OS/c1-7-9(3-4-10(24)20-13-18-5-6-25-13)8(2)23-12(19-7)21-11(22-23)14(15,16)17/h3-6H2,1-2H3,(H,18,20,24). The van der Waals surface area contributed by atoms with Crippen molar-refractivity contribution in [1.29, 1.82) is 0 Å². The van der Waals surface area contributed by atoms with Crippen LogP contribution in [0.25, 0.3) is 5.78 Å². The van der Waals surface area contributed by atoms with Crippen molar-refractivity contribution >= 4 is 28.6 Å². The highest BCUT2D eigenvalue weighted by Gasteiger charge is 2.36. The minimum atomic E-state index is -4.63. The Morgan fingerprint density at radius 1 is 1.32 bits per heavy atom. The largest absolute Gasteiger partial charge is 0.453 e. The van der Waals surface area contributed by atoms with Gasteiger partial charge in [0.1, 0.15) is 0 Å². The second-order valence-electron chi connectivity index (χ2n) is 5.49. The number of fused-ring (bicyclic) bond motifs is 1. The molecule has 0 radical (unpaired) electrons. The van der Waals surface area contributed by atoms with Gasteiger partial charge in [0.05, 0.1) is 6.54 Å². The van der Waals surface area contributed by atoms with E-state index < -0.39 is 12.0 Å². The van der Waals surface area contributed by atoms with Gasteiger partial charge in [-0.2, -0.15) is 18.2 Å². The lowest BCUT2D eigenvalue weighted by molar-refractivity contribution is -0.144. The van der Waals surface area contributed by atoms with E-state index in [1.54, 1.807) is 13.8 Å². The Balaban J connectivity index is 1.80. The molecule has 0 saturated heterocycles. The van der Waals surface area contributed by atoms with E-state index in [1.165, 1.54) is 11.8 Å². The number of amidine groups is 1. The molecule has 3 rings (SSSR count). The molecule has 0 aliphatic carbocycles. The minimum Gasteiger partial charge on any atom is -0.305 e. The van der Waals surface area contributed by atoms with Crippen LogP contribution in [0.4, 0.5) is 13.2 Å². The average molecular weight is 372 g/mol. The molecule has 1 N–H and O–H groups in total. The number of hydrogen-bond donors (Lipinski definition) is 1. The van der Waals surface area contributed by atoms with Crippen molar-refractivity contribution in [3.05, 3.63) is 22.8 Å². The predicted octanol–water partition coefficient (Wildman–Crippen LogP) is 1.91. The van der Waals surface area contributed by atoms with E-state index in [4.69, 9.17) is 0 Å². The average Bonchev–Trinajstić information content (AvgIpc) is 3.15. The summed E-state index contributed by atoms with van der Waals surface area (Å²) in [5, 5.41) is 6.82. The molecule has 0 bridgehead atoms. The molecule has 1 amide bonds. The lowest BCUT2D eigenvalue weighted by Crippen LogP contribution is -2.27. The number of alkyl halides is 3. The number of thioether (sulfide) groups is 1. The smallest absolute Gasteiger partial charge is 0.305 e. The number of aryl methyl sites for hydroxylation is 2. The lowest BCUT2D eigenvalue weighted by atomic mass is 10.1. The molecule has 0 saturated carbocycles. The molecule has 2 aromatic rings. The van der Waals surface area contributed by atoms with Crippen LogP contribution in [-0.2, 0) is 17.4 Å². The Hall–Kier alpha value is -2.17. The fourth-order valence-corrected chi connectivity index (χ4v) is 3.27. The van der Waals surface area contributed by atoms with E-state index in [9.17, 15) is 18.0 Å². The summed E-state index contributed by atoms with van der Waals surface area (Å²) in [6, 6.07) is 0. The summed E-state index contributed by atoms with van der Waals surface area (Å²) in [5.74, 6) is -0.676. The Morgan fingerprint density at radius 3 is 2.72 bits per heavy atom. The van der Waals surface area contributed by atoms with Crippen molar-refractivity contribution in [2.75, 3.05) is 12.3 Å². The predicted molar refractivity (Wildman–Crippen MR) is 86.5 cm³/mol. The van der Waals surface area contributed by atoms with Gasteiger partial charge in [0.15, 0.2) is 5.17 Å². The highest BCUT2D eigenvalue weighted by molar-refractivity contribution is 8.14. The zero-order chi connectivity index (χ0) is 18.2. The third kappa shape index (κ3) is 3.75. The summed E-state index contributed by atoms with van der Waals surface area (Å²) in [4.78, 5) is 23.6. The van der Waals surface area contributed by atoms with Crippen LogP contribution in [0.5, 0.6) is 0 Å². The van der Waals surface area contributed by atoms with Crippen LogP contribution in [0.3, 0.4) is 0 Å². The molecule has 134 valence electrons. The maximum Gasteiger partial charge on any atom is 0.453 e. The summed E-state index contributed by atoms with van der Waals surface area (Å²) < 4.78 is 39.4. The molecular formula is C14H15F3N6OS. The van der Waals surface area contributed by atoms with Crippen LogP contribution in [0.15, 0.2) is 4.99 Å². The first-order valence-electron chi connectivity index (χ1n) is 7.53.